The van der Waals surface area contributed by atoms with Gasteiger partial charge in [-0.05, 0) is 54.8 Å². The van der Waals surface area contributed by atoms with Crippen LogP contribution in [0.25, 0.3) is 10.9 Å². The topological polar surface area (TPSA) is 93.0 Å². The van der Waals surface area contributed by atoms with Crippen LogP contribution in [0.5, 0.6) is 11.5 Å². The number of nitrogens with zero attached hydrogens (tertiary/aromatic N) is 1. The van der Waals surface area contributed by atoms with Crippen molar-refractivity contribution in [3.63, 3.8) is 0 Å². The molecule has 1 aromatic heterocycles. The Balaban J connectivity index is 1.42. The number of benzene rings is 2. The van der Waals surface area contributed by atoms with E-state index in [0.29, 0.717) is 24.1 Å². The Labute approximate surface area is 194 Å². The highest BCUT2D eigenvalue weighted by Gasteiger charge is 2.52. The van der Waals surface area contributed by atoms with Crippen molar-refractivity contribution in [3.05, 3.63) is 53.7 Å². The average Bonchev–Trinajstić information content (AvgIpc) is 3.37. The number of halogens is 2. The number of fused-ring (bicyclic) bond motifs is 2. The molecule has 0 saturated heterocycles. The minimum absolute atomic E-state index is 0.0358. The normalized spacial score (nSPS) is 17.9. The Bertz CT molecular complexity index is 1290. The van der Waals surface area contributed by atoms with Crippen molar-refractivity contribution in [2.75, 3.05) is 5.32 Å². The van der Waals surface area contributed by atoms with E-state index in [1.807, 2.05) is 43.5 Å². The molecule has 1 fully saturated rings. The second kappa shape index (κ2) is 7.41. The third kappa shape index (κ3) is 3.88. The molecule has 1 aliphatic carbocycles. The molecule has 3 aromatic rings. The van der Waals surface area contributed by atoms with E-state index in [1.54, 1.807) is 12.1 Å². The number of anilines is 1. The summed E-state index contributed by atoms with van der Waals surface area (Å²) in [4.78, 5) is 13.2. The van der Waals surface area contributed by atoms with Gasteiger partial charge in [-0.2, -0.15) is 0 Å². The number of carbonyl (C=O) groups is 1. The van der Waals surface area contributed by atoms with E-state index in [2.05, 4.69) is 14.8 Å². The van der Waals surface area contributed by atoms with E-state index in [1.165, 1.54) is 12.1 Å². The minimum Gasteiger partial charge on any atom is -0.395 e. The number of aliphatic hydroxyl groups excluding tert-OH is 1. The zero-order chi connectivity index (χ0) is 24.5. The largest absolute Gasteiger partial charge is 0.586 e. The van der Waals surface area contributed by atoms with Crippen LogP contribution in [-0.4, -0.2) is 33.3 Å². The number of carbonyl (C=O) groups excluding carboxylic acids is 1. The summed E-state index contributed by atoms with van der Waals surface area (Å²) in [5.74, 6) is -0.355. The van der Waals surface area contributed by atoms with Crippen LogP contribution < -0.4 is 14.8 Å². The standard InChI is InChI=1S/C25H26F2N2O5/c1-23(2,3)20-11-14-10-16(5-6-17(14)29(20)13-21(30)31)28-22(32)24(8-9-24)15-4-7-18-19(12-15)34-25(26,27)33-18/h4-7,10-12,21,30-31H,8-9,13H2,1-3H3,(H,28,32). The van der Waals surface area contributed by atoms with Crippen molar-refractivity contribution in [1.82, 2.24) is 4.57 Å². The maximum Gasteiger partial charge on any atom is 0.586 e. The highest BCUT2D eigenvalue weighted by Crippen LogP contribution is 2.52. The number of alkyl halides is 2. The summed E-state index contributed by atoms with van der Waals surface area (Å²) in [6.07, 6.45) is -4.01. The van der Waals surface area contributed by atoms with E-state index in [4.69, 9.17) is 0 Å². The Hall–Kier alpha value is -3.17. The van der Waals surface area contributed by atoms with Crippen LogP contribution >= 0.6 is 0 Å². The van der Waals surface area contributed by atoms with Gasteiger partial charge >= 0.3 is 6.29 Å². The first-order valence-corrected chi connectivity index (χ1v) is 11.1. The van der Waals surface area contributed by atoms with Gasteiger partial charge in [0.1, 0.15) is 0 Å². The molecular weight excluding hydrogens is 446 g/mol. The van der Waals surface area contributed by atoms with Gasteiger partial charge in [0.05, 0.1) is 12.0 Å². The number of rotatable bonds is 5. The zero-order valence-corrected chi connectivity index (χ0v) is 19.1. The van der Waals surface area contributed by atoms with E-state index in [0.717, 1.165) is 16.6 Å². The fraction of sp³-hybridized carbons (Fsp3) is 0.400. The molecular formula is C25H26F2N2O5. The van der Waals surface area contributed by atoms with Gasteiger partial charge in [0.25, 0.3) is 0 Å². The van der Waals surface area contributed by atoms with Crippen molar-refractivity contribution in [2.24, 2.45) is 0 Å². The van der Waals surface area contributed by atoms with Crippen LogP contribution in [0.15, 0.2) is 42.5 Å². The second-order valence-corrected chi connectivity index (χ2v) is 10.0. The van der Waals surface area contributed by atoms with Crippen molar-refractivity contribution >= 4 is 22.5 Å². The molecule has 34 heavy (non-hydrogen) atoms. The number of nitrogens with one attached hydrogen (secondary N) is 1. The molecule has 0 spiro atoms. The molecule has 0 atom stereocenters. The fourth-order valence-electron chi connectivity index (χ4n) is 4.60. The minimum atomic E-state index is -3.70. The molecule has 180 valence electrons. The van der Waals surface area contributed by atoms with E-state index < -0.39 is 18.0 Å². The molecule has 2 heterocycles. The molecule has 1 aliphatic heterocycles. The quantitative estimate of drug-likeness (QED) is 0.483. The molecule has 0 unspecified atom stereocenters. The lowest BCUT2D eigenvalue weighted by atomic mass is 9.92. The summed E-state index contributed by atoms with van der Waals surface area (Å²) >= 11 is 0. The smallest absolute Gasteiger partial charge is 0.395 e. The lowest BCUT2D eigenvalue weighted by Gasteiger charge is -2.22. The van der Waals surface area contributed by atoms with Gasteiger partial charge in [0.2, 0.25) is 5.91 Å². The predicted molar refractivity (Wildman–Crippen MR) is 121 cm³/mol. The Morgan fingerprint density at radius 2 is 1.79 bits per heavy atom. The van der Waals surface area contributed by atoms with Crippen LogP contribution in [-0.2, 0) is 22.2 Å². The fourth-order valence-corrected chi connectivity index (χ4v) is 4.60. The molecule has 0 bridgehead atoms. The first-order chi connectivity index (χ1) is 15.9. The SMILES string of the molecule is CC(C)(C)c1cc2cc(NC(=O)C3(c4ccc5c(c4)OC(F)(F)O5)CC3)ccc2n1CC(O)O. The number of aliphatic hydroxyl groups is 2. The van der Waals surface area contributed by atoms with E-state index in [9.17, 15) is 23.8 Å². The number of amides is 1. The molecule has 9 heteroatoms. The van der Waals surface area contributed by atoms with Crippen LogP contribution in [0, 0.1) is 0 Å². The zero-order valence-electron chi connectivity index (χ0n) is 19.1. The highest BCUT2D eigenvalue weighted by molar-refractivity contribution is 6.02. The van der Waals surface area contributed by atoms with Crippen LogP contribution in [0.1, 0.15) is 44.9 Å². The van der Waals surface area contributed by atoms with Gasteiger partial charge in [0.15, 0.2) is 17.8 Å². The van der Waals surface area contributed by atoms with Crippen molar-refractivity contribution in [1.29, 1.82) is 0 Å². The molecule has 7 nitrogen and oxygen atoms in total. The third-order valence-corrected chi connectivity index (χ3v) is 6.41. The number of hydrogen-bond acceptors (Lipinski definition) is 5. The first kappa shape index (κ1) is 22.6. The summed E-state index contributed by atoms with van der Waals surface area (Å²) in [6.45, 7) is 6.17. The van der Waals surface area contributed by atoms with Gasteiger partial charge in [-0.25, -0.2) is 0 Å². The summed E-state index contributed by atoms with van der Waals surface area (Å²) in [6, 6.07) is 11.9. The number of ether oxygens (including phenoxy) is 2. The molecule has 3 N–H and O–H groups in total. The Morgan fingerprint density at radius 3 is 2.44 bits per heavy atom. The van der Waals surface area contributed by atoms with Gasteiger partial charge in [-0.1, -0.05) is 26.8 Å². The molecule has 2 aromatic carbocycles. The van der Waals surface area contributed by atoms with Gasteiger partial charge in [0, 0.05) is 27.7 Å². The average molecular weight is 472 g/mol. The predicted octanol–water partition coefficient (Wildman–Crippen LogP) is 4.24. The monoisotopic (exact) mass is 472 g/mol. The number of hydrogen-bond donors (Lipinski definition) is 3. The van der Waals surface area contributed by atoms with E-state index >= 15 is 0 Å². The van der Waals surface area contributed by atoms with Crippen molar-refractivity contribution < 1.29 is 33.3 Å². The number of aromatic nitrogens is 1. The van der Waals surface area contributed by atoms with Crippen molar-refractivity contribution in [3.8, 4) is 11.5 Å². The summed E-state index contributed by atoms with van der Waals surface area (Å²) < 4.78 is 37.6. The molecule has 2 aliphatic rings. The van der Waals surface area contributed by atoms with Crippen LogP contribution in [0.4, 0.5) is 14.5 Å². The summed E-state index contributed by atoms with van der Waals surface area (Å²) in [5.41, 5.74) is 1.92. The van der Waals surface area contributed by atoms with Crippen LogP contribution in [0.3, 0.4) is 0 Å². The highest BCUT2D eigenvalue weighted by atomic mass is 19.3. The van der Waals surface area contributed by atoms with Crippen molar-refractivity contribution in [2.45, 2.75) is 63.6 Å². The maximum absolute atomic E-state index is 13.4. The maximum atomic E-state index is 13.4. The molecule has 1 saturated carbocycles. The molecule has 5 rings (SSSR count). The van der Waals surface area contributed by atoms with Gasteiger partial charge in [-0.15, -0.1) is 8.78 Å². The van der Waals surface area contributed by atoms with Gasteiger partial charge in [-0.3, -0.25) is 4.79 Å². The lowest BCUT2D eigenvalue weighted by molar-refractivity contribution is -0.286. The Kier molecular flexibility index (Phi) is 4.93. The molecule has 1 amide bonds. The van der Waals surface area contributed by atoms with E-state index in [-0.39, 0.29) is 29.4 Å². The lowest BCUT2D eigenvalue weighted by Crippen LogP contribution is -2.28. The molecule has 0 radical (unpaired) electrons. The summed E-state index contributed by atoms with van der Waals surface area (Å²) in [7, 11) is 0. The first-order valence-electron chi connectivity index (χ1n) is 11.1. The van der Waals surface area contributed by atoms with Gasteiger partial charge < -0.3 is 29.6 Å². The Morgan fingerprint density at radius 1 is 1.09 bits per heavy atom. The second-order valence-electron chi connectivity index (χ2n) is 10.0. The third-order valence-electron chi connectivity index (χ3n) is 6.41. The summed E-state index contributed by atoms with van der Waals surface area (Å²) in [5, 5.41) is 22.9. The van der Waals surface area contributed by atoms with Crippen LogP contribution in [0.2, 0.25) is 0 Å².